The molecule has 0 heterocycles. The molecule has 3 rings (SSSR count). The third kappa shape index (κ3) is 7.41. The predicted molar refractivity (Wildman–Crippen MR) is 142 cm³/mol. The van der Waals surface area contributed by atoms with Crippen LogP contribution in [-0.2, 0) is 29.0 Å². The van der Waals surface area contributed by atoms with E-state index in [1.807, 2.05) is 0 Å². The number of carboxylic acids is 1. The number of ether oxygens (including phenoxy) is 1. The summed E-state index contributed by atoms with van der Waals surface area (Å²) in [6, 6.07) is 11.5. The maximum atomic E-state index is 13.6. The maximum Gasteiger partial charge on any atom is 0.436 e. The molecule has 4 N–H and O–H groups in total. The van der Waals surface area contributed by atoms with Crippen molar-refractivity contribution in [3.8, 4) is 0 Å². The Labute approximate surface area is 225 Å². The minimum Gasteiger partial charge on any atom is -0.481 e. The van der Waals surface area contributed by atoms with Gasteiger partial charge in [0.1, 0.15) is 0 Å². The quantitative estimate of drug-likeness (QED) is 0.292. The summed E-state index contributed by atoms with van der Waals surface area (Å²) in [4.78, 5) is 51.8. The standard InChI is InChI=1S/C26H30N4O8S/c1-3-22(31)29-25(30-26(35)38-2)27-16-13-14-20(21(15-16)39(36,37)17-9-5-4-6-10-17)28-23(32)18-11-7-8-12-19(18)24(33)34/h4-6,9-10,13-15,18-19H,3,7-8,11-12H2,1-2H3,(H,28,32)(H,33,34)(H2,27,29,30,31,35). The van der Waals surface area contributed by atoms with Gasteiger partial charge in [-0.05, 0) is 43.2 Å². The van der Waals surface area contributed by atoms with Gasteiger partial charge in [0.15, 0.2) is 0 Å². The fourth-order valence-corrected chi connectivity index (χ4v) is 5.66. The molecule has 0 radical (unpaired) electrons. The normalized spacial score (nSPS) is 17.5. The summed E-state index contributed by atoms with van der Waals surface area (Å²) >= 11 is 0. The Morgan fingerprint density at radius 3 is 2.28 bits per heavy atom. The maximum absolute atomic E-state index is 13.6. The van der Waals surface area contributed by atoms with Gasteiger partial charge in [0.2, 0.25) is 27.6 Å². The number of carbonyl (C=O) groups is 4. The number of benzene rings is 2. The van der Waals surface area contributed by atoms with Gasteiger partial charge >= 0.3 is 12.1 Å². The van der Waals surface area contributed by atoms with E-state index in [0.717, 1.165) is 7.11 Å². The molecule has 2 atom stereocenters. The van der Waals surface area contributed by atoms with Crippen LogP contribution in [-0.4, -0.2) is 50.5 Å². The second-order valence-electron chi connectivity index (χ2n) is 8.81. The van der Waals surface area contributed by atoms with Gasteiger partial charge in [-0.15, -0.1) is 4.99 Å². The van der Waals surface area contributed by atoms with E-state index in [0.29, 0.717) is 25.7 Å². The summed E-state index contributed by atoms with van der Waals surface area (Å²) in [5.74, 6) is -4.10. The van der Waals surface area contributed by atoms with E-state index in [4.69, 9.17) is 0 Å². The number of methoxy groups -OCH3 is 1. The molecule has 2 aromatic rings. The number of hydrogen-bond acceptors (Lipinski definition) is 7. The molecule has 0 aliphatic heterocycles. The fraction of sp³-hybridized carbons (Fsp3) is 0.346. The molecule has 3 amide bonds. The van der Waals surface area contributed by atoms with Crippen LogP contribution in [0, 0.1) is 11.8 Å². The fourth-order valence-electron chi connectivity index (χ4n) is 4.20. The molecule has 13 heteroatoms. The lowest BCUT2D eigenvalue weighted by molar-refractivity contribution is -0.147. The summed E-state index contributed by atoms with van der Waals surface area (Å²) in [7, 11) is -3.07. The number of amides is 3. The summed E-state index contributed by atoms with van der Waals surface area (Å²) in [6.45, 7) is 1.59. The van der Waals surface area contributed by atoms with Crippen LogP contribution in [0.4, 0.5) is 16.2 Å². The van der Waals surface area contributed by atoms with Crippen molar-refractivity contribution in [2.45, 2.75) is 48.8 Å². The number of guanidine groups is 1. The van der Waals surface area contributed by atoms with Gasteiger partial charge in [-0.3, -0.25) is 19.7 Å². The Bertz CT molecular complexity index is 1380. The number of rotatable bonds is 7. The van der Waals surface area contributed by atoms with E-state index < -0.39 is 45.5 Å². The summed E-state index contributed by atoms with van der Waals surface area (Å²) < 4.78 is 31.8. The molecular weight excluding hydrogens is 528 g/mol. The van der Waals surface area contributed by atoms with E-state index in [1.54, 1.807) is 25.1 Å². The Morgan fingerprint density at radius 1 is 1.00 bits per heavy atom. The second kappa shape index (κ2) is 13.0. The lowest BCUT2D eigenvalue weighted by Crippen LogP contribution is -2.36. The number of aliphatic imine (C=N–C) groups is 1. The molecule has 1 fully saturated rings. The Kier molecular flexibility index (Phi) is 9.77. The molecule has 39 heavy (non-hydrogen) atoms. The molecule has 2 unspecified atom stereocenters. The SMILES string of the molecule is CCC(=O)NC(=NC(=O)OC)Nc1ccc(NC(=O)C2CCCCC2C(=O)O)c(S(=O)(=O)c2ccccc2)c1. The third-order valence-corrected chi connectivity index (χ3v) is 8.03. The van der Waals surface area contributed by atoms with Gasteiger partial charge < -0.3 is 20.5 Å². The molecule has 0 saturated heterocycles. The van der Waals surface area contributed by atoms with Gasteiger partial charge in [-0.1, -0.05) is 38.0 Å². The van der Waals surface area contributed by atoms with Crippen LogP contribution in [0.5, 0.6) is 0 Å². The number of sulfone groups is 1. The molecule has 12 nitrogen and oxygen atoms in total. The van der Waals surface area contributed by atoms with Crippen molar-refractivity contribution in [3.05, 3.63) is 48.5 Å². The van der Waals surface area contributed by atoms with E-state index in [9.17, 15) is 32.7 Å². The van der Waals surface area contributed by atoms with Crippen LogP contribution in [0.3, 0.4) is 0 Å². The molecular formula is C26H30N4O8S. The lowest BCUT2D eigenvalue weighted by Gasteiger charge is -2.27. The first-order valence-corrected chi connectivity index (χ1v) is 13.8. The molecule has 0 bridgehead atoms. The summed E-state index contributed by atoms with van der Waals surface area (Å²) in [5, 5.41) is 17.3. The number of anilines is 2. The summed E-state index contributed by atoms with van der Waals surface area (Å²) in [5.41, 5.74) is 0.0794. The smallest absolute Gasteiger partial charge is 0.436 e. The predicted octanol–water partition coefficient (Wildman–Crippen LogP) is 3.41. The number of nitrogens with one attached hydrogen (secondary N) is 3. The molecule has 0 spiro atoms. The van der Waals surface area contributed by atoms with Gasteiger partial charge in [0.05, 0.1) is 34.4 Å². The highest BCUT2D eigenvalue weighted by Crippen LogP contribution is 2.34. The zero-order valence-corrected chi connectivity index (χ0v) is 22.3. The largest absolute Gasteiger partial charge is 0.481 e. The minimum atomic E-state index is -4.18. The highest BCUT2D eigenvalue weighted by Gasteiger charge is 2.36. The number of hydrogen-bond donors (Lipinski definition) is 4. The lowest BCUT2D eigenvalue weighted by atomic mass is 9.78. The molecule has 208 valence electrons. The highest BCUT2D eigenvalue weighted by molar-refractivity contribution is 7.91. The number of aliphatic carboxylic acids is 1. The van der Waals surface area contributed by atoms with Gasteiger partial charge in [0.25, 0.3) is 0 Å². The number of carboxylic acid groups (broad SMARTS) is 1. The second-order valence-corrected chi connectivity index (χ2v) is 10.7. The molecule has 1 aliphatic carbocycles. The van der Waals surface area contributed by atoms with Crippen molar-refractivity contribution in [2.75, 3.05) is 17.7 Å². The van der Waals surface area contributed by atoms with Crippen molar-refractivity contribution in [2.24, 2.45) is 16.8 Å². The zero-order chi connectivity index (χ0) is 28.6. The third-order valence-electron chi connectivity index (χ3n) is 6.22. The average molecular weight is 559 g/mol. The van der Waals surface area contributed by atoms with Crippen LogP contribution < -0.4 is 16.0 Å². The first-order chi connectivity index (χ1) is 18.6. The van der Waals surface area contributed by atoms with Crippen LogP contribution in [0.15, 0.2) is 63.3 Å². The summed E-state index contributed by atoms with van der Waals surface area (Å²) in [6.07, 6.45) is 1.18. The molecule has 1 aliphatic rings. The van der Waals surface area contributed by atoms with Crippen molar-refractivity contribution >= 4 is 51.0 Å². The monoisotopic (exact) mass is 558 g/mol. The highest BCUT2D eigenvalue weighted by atomic mass is 32.2. The number of nitrogens with zero attached hydrogens (tertiary/aromatic N) is 1. The van der Waals surface area contributed by atoms with E-state index in [-0.39, 0.29) is 33.5 Å². The van der Waals surface area contributed by atoms with Crippen LogP contribution >= 0.6 is 0 Å². The Morgan fingerprint density at radius 2 is 1.67 bits per heavy atom. The van der Waals surface area contributed by atoms with Crippen LogP contribution in [0.1, 0.15) is 39.0 Å². The van der Waals surface area contributed by atoms with Crippen LogP contribution in [0.25, 0.3) is 0 Å². The zero-order valence-electron chi connectivity index (χ0n) is 21.5. The van der Waals surface area contributed by atoms with Gasteiger partial charge in [-0.25, -0.2) is 13.2 Å². The first kappa shape index (κ1) is 29.3. The van der Waals surface area contributed by atoms with Gasteiger partial charge in [-0.2, -0.15) is 0 Å². The molecule has 0 aromatic heterocycles. The topological polar surface area (TPSA) is 180 Å². The van der Waals surface area contributed by atoms with Crippen molar-refractivity contribution < 1.29 is 37.4 Å². The van der Waals surface area contributed by atoms with Crippen molar-refractivity contribution in [1.82, 2.24) is 5.32 Å². The van der Waals surface area contributed by atoms with Crippen LogP contribution in [0.2, 0.25) is 0 Å². The van der Waals surface area contributed by atoms with Gasteiger partial charge in [0, 0.05) is 12.1 Å². The Balaban J connectivity index is 2.04. The molecule has 2 aromatic carbocycles. The number of carbonyl (C=O) groups excluding carboxylic acids is 3. The van der Waals surface area contributed by atoms with E-state index in [2.05, 4.69) is 25.7 Å². The van der Waals surface area contributed by atoms with E-state index in [1.165, 1.54) is 30.3 Å². The van der Waals surface area contributed by atoms with Crippen molar-refractivity contribution in [3.63, 3.8) is 0 Å². The average Bonchev–Trinajstić information content (AvgIpc) is 2.93. The molecule has 1 saturated carbocycles. The Hall–Kier alpha value is -4.26. The van der Waals surface area contributed by atoms with Crippen molar-refractivity contribution in [1.29, 1.82) is 0 Å². The minimum absolute atomic E-state index is 0.0403. The first-order valence-electron chi connectivity index (χ1n) is 12.3. The van der Waals surface area contributed by atoms with E-state index >= 15 is 0 Å².